The molecule has 0 bridgehead atoms. The van der Waals surface area contributed by atoms with Crippen LogP contribution in [0.25, 0.3) is 0 Å². The minimum Gasteiger partial charge on any atom is -0.465 e. The lowest BCUT2D eigenvalue weighted by Gasteiger charge is -2.18. The summed E-state index contributed by atoms with van der Waals surface area (Å²) in [7, 11) is 0. The van der Waals surface area contributed by atoms with Gasteiger partial charge in [0.15, 0.2) is 0 Å². The molecule has 23 heavy (non-hydrogen) atoms. The van der Waals surface area contributed by atoms with Crippen LogP contribution in [0, 0.1) is 6.92 Å². The van der Waals surface area contributed by atoms with Gasteiger partial charge in [-0.3, -0.25) is 9.78 Å². The largest absolute Gasteiger partial charge is 0.465 e. The van der Waals surface area contributed by atoms with Gasteiger partial charge in [0.1, 0.15) is 5.92 Å². The van der Waals surface area contributed by atoms with Crippen molar-refractivity contribution in [1.29, 1.82) is 0 Å². The lowest BCUT2D eigenvalue weighted by atomic mass is 10.0. The summed E-state index contributed by atoms with van der Waals surface area (Å²) in [5, 5.41) is 3.17. The zero-order valence-corrected chi connectivity index (χ0v) is 14.1. The third-order valence-corrected chi connectivity index (χ3v) is 3.86. The Bertz CT molecular complexity index is 674. The van der Waals surface area contributed by atoms with E-state index in [4.69, 9.17) is 17.0 Å². The molecule has 0 saturated carbocycles. The summed E-state index contributed by atoms with van der Waals surface area (Å²) in [5.74, 6) is -1.07. The van der Waals surface area contributed by atoms with Gasteiger partial charge in [-0.1, -0.05) is 42.5 Å². The van der Waals surface area contributed by atoms with Crippen molar-refractivity contribution in [3.05, 3.63) is 65.5 Å². The average molecular weight is 328 g/mol. The Hall–Kier alpha value is -2.27. The van der Waals surface area contributed by atoms with E-state index in [0.717, 1.165) is 5.56 Å². The molecule has 5 heteroatoms. The Morgan fingerprint density at radius 1 is 1.26 bits per heavy atom. The molecule has 0 aliphatic rings. The van der Waals surface area contributed by atoms with Crippen molar-refractivity contribution in [2.75, 3.05) is 6.61 Å². The summed E-state index contributed by atoms with van der Waals surface area (Å²) in [6.45, 7) is 4.69. The molecule has 0 saturated heterocycles. The van der Waals surface area contributed by atoms with E-state index in [1.165, 1.54) is 5.56 Å². The van der Waals surface area contributed by atoms with Gasteiger partial charge in [-0.25, -0.2) is 0 Å². The molecule has 0 fully saturated rings. The monoisotopic (exact) mass is 328 g/mol. The lowest BCUT2D eigenvalue weighted by molar-refractivity contribution is -0.143. The maximum Gasteiger partial charge on any atom is 0.321 e. The summed E-state index contributed by atoms with van der Waals surface area (Å²) < 4.78 is 5.15. The molecule has 1 aromatic carbocycles. The van der Waals surface area contributed by atoms with Gasteiger partial charge in [-0.2, -0.15) is 0 Å². The van der Waals surface area contributed by atoms with E-state index in [9.17, 15) is 4.79 Å². The molecule has 0 aliphatic heterocycles. The maximum atomic E-state index is 12.3. The molecule has 2 rings (SSSR count). The van der Waals surface area contributed by atoms with Crippen LogP contribution in [0.15, 0.2) is 48.7 Å². The molecular formula is C18H20N2O2S. The van der Waals surface area contributed by atoms with Crippen molar-refractivity contribution in [2.24, 2.45) is 0 Å². The summed E-state index contributed by atoms with van der Waals surface area (Å²) in [4.78, 5) is 16.9. The molecule has 1 atom stereocenters. The number of hydrogen-bond acceptors (Lipinski definition) is 4. The fraction of sp³-hybridized carbons (Fsp3) is 0.278. The second kappa shape index (κ2) is 8.39. The van der Waals surface area contributed by atoms with E-state index in [2.05, 4.69) is 10.3 Å². The van der Waals surface area contributed by atoms with Crippen molar-refractivity contribution in [3.8, 4) is 0 Å². The normalized spacial score (nSPS) is 11.6. The quantitative estimate of drug-likeness (QED) is 0.652. The number of ether oxygens (including phenoxy) is 1. The van der Waals surface area contributed by atoms with E-state index in [0.29, 0.717) is 23.8 Å². The summed E-state index contributed by atoms with van der Waals surface area (Å²) >= 11 is 5.44. The van der Waals surface area contributed by atoms with Crippen LogP contribution >= 0.6 is 12.2 Å². The number of nitrogens with zero attached hydrogens (tertiary/aromatic N) is 1. The van der Waals surface area contributed by atoms with Crippen LogP contribution in [0.2, 0.25) is 0 Å². The Labute approximate surface area is 141 Å². The van der Waals surface area contributed by atoms with E-state index in [-0.39, 0.29) is 5.97 Å². The van der Waals surface area contributed by atoms with Crippen LogP contribution in [0.3, 0.4) is 0 Å². The highest BCUT2D eigenvalue weighted by molar-refractivity contribution is 7.80. The van der Waals surface area contributed by atoms with E-state index in [1.54, 1.807) is 25.3 Å². The Balaban J connectivity index is 2.14. The highest BCUT2D eigenvalue weighted by Gasteiger charge is 2.27. The molecule has 4 nitrogen and oxygen atoms in total. The number of aryl methyl sites for hydroxylation is 1. The Morgan fingerprint density at radius 3 is 2.65 bits per heavy atom. The zero-order chi connectivity index (χ0) is 16.7. The van der Waals surface area contributed by atoms with Crippen LogP contribution in [0.4, 0.5) is 0 Å². The molecule has 0 aliphatic carbocycles. The number of nitrogens with one attached hydrogen (secondary N) is 1. The Kier molecular flexibility index (Phi) is 6.23. The van der Waals surface area contributed by atoms with Crippen molar-refractivity contribution in [2.45, 2.75) is 26.3 Å². The highest BCUT2D eigenvalue weighted by Crippen LogP contribution is 2.17. The van der Waals surface area contributed by atoms with E-state index >= 15 is 0 Å². The molecule has 0 radical (unpaired) electrons. The van der Waals surface area contributed by atoms with E-state index < -0.39 is 5.92 Å². The predicted octanol–water partition coefficient (Wildman–Crippen LogP) is 3.15. The number of esters is 1. The van der Waals surface area contributed by atoms with E-state index in [1.807, 2.05) is 37.3 Å². The van der Waals surface area contributed by atoms with Gasteiger partial charge in [0.2, 0.25) is 0 Å². The first kappa shape index (κ1) is 17.1. The molecule has 120 valence electrons. The second-order valence-electron chi connectivity index (χ2n) is 5.08. The second-order valence-corrected chi connectivity index (χ2v) is 5.52. The van der Waals surface area contributed by atoms with Crippen molar-refractivity contribution >= 4 is 23.2 Å². The maximum absolute atomic E-state index is 12.3. The first-order valence-corrected chi connectivity index (χ1v) is 7.94. The molecule has 1 heterocycles. The standard InChI is InChI=1S/C18H20N2O2S/c1-3-22-18(21)16(15-10-6-7-11-19-15)17(23)20-12-14-9-5-4-8-13(14)2/h4-11,16H,3,12H2,1-2H3,(H,20,23). The highest BCUT2D eigenvalue weighted by atomic mass is 32.1. The molecule has 1 N–H and O–H groups in total. The zero-order valence-electron chi connectivity index (χ0n) is 13.3. The molecule has 1 aromatic heterocycles. The number of hydrogen-bond donors (Lipinski definition) is 1. The van der Waals surface area contributed by atoms with Gasteiger partial charge in [-0.05, 0) is 37.1 Å². The predicted molar refractivity (Wildman–Crippen MR) is 94.2 cm³/mol. The van der Waals surface area contributed by atoms with Crippen LogP contribution in [0.5, 0.6) is 0 Å². The smallest absolute Gasteiger partial charge is 0.321 e. The molecule has 0 amide bonds. The van der Waals surface area contributed by atoms with Gasteiger partial charge in [0.25, 0.3) is 0 Å². The number of rotatable bonds is 6. The number of aromatic nitrogens is 1. The van der Waals surface area contributed by atoms with Crippen molar-refractivity contribution in [1.82, 2.24) is 10.3 Å². The summed E-state index contributed by atoms with van der Waals surface area (Å²) in [6, 6.07) is 13.5. The van der Waals surface area contributed by atoms with Gasteiger partial charge in [0.05, 0.1) is 17.3 Å². The molecular weight excluding hydrogens is 308 g/mol. The number of pyridine rings is 1. The first-order valence-electron chi connectivity index (χ1n) is 7.53. The fourth-order valence-electron chi connectivity index (χ4n) is 2.23. The third-order valence-electron chi connectivity index (χ3n) is 3.48. The molecule has 2 aromatic rings. The van der Waals surface area contributed by atoms with Crippen LogP contribution in [-0.4, -0.2) is 22.5 Å². The minimum absolute atomic E-state index is 0.308. The van der Waals surface area contributed by atoms with Gasteiger partial charge >= 0.3 is 5.97 Å². The molecule has 1 unspecified atom stereocenters. The van der Waals surface area contributed by atoms with Crippen molar-refractivity contribution < 1.29 is 9.53 Å². The molecule has 0 spiro atoms. The van der Waals surface area contributed by atoms with Crippen molar-refractivity contribution in [3.63, 3.8) is 0 Å². The fourth-order valence-corrected chi connectivity index (χ4v) is 2.52. The van der Waals surface area contributed by atoms with Crippen LogP contribution < -0.4 is 5.32 Å². The number of benzene rings is 1. The summed E-state index contributed by atoms with van der Waals surface area (Å²) in [5.41, 5.74) is 2.90. The average Bonchev–Trinajstić information content (AvgIpc) is 2.55. The van der Waals surface area contributed by atoms with Crippen LogP contribution in [-0.2, 0) is 16.1 Å². The number of carbonyl (C=O) groups is 1. The lowest BCUT2D eigenvalue weighted by Crippen LogP contribution is -2.33. The SMILES string of the molecule is CCOC(=O)C(C(=S)NCc1ccccc1C)c1ccccn1. The topological polar surface area (TPSA) is 51.2 Å². The minimum atomic E-state index is -0.685. The number of thiocarbonyl (C=S) groups is 1. The Morgan fingerprint density at radius 2 is 2.00 bits per heavy atom. The third kappa shape index (κ3) is 4.60. The number of carbonyl (C=O) groups excluding carboxylic acids is 1. The first-order chi connectivity index (χ1) is 11.1. The summed E-state index contributed by atoms with van der Waals surface area (Å²) in [6.07, 6.45) is 1.64. The van der Waals surface area contributed by atoms with Gasteiger partial charge in [0, 0.05) is 12.7 Å². The van der Waals surface area contributed by atoms with Gasteiger partial charge in [-0.15, -0.1) is 0 Å². The van der Waals surface area contributed by atoms with Gasteiger partial charge < -0.3 is 10.1 Å². The van der Waals surface area contributed by atoms with Crippen LogP contribution in [0.1, 0.15) is 29.7 Å².